The SMILES string of the molecule is Cc1nnsc1C(=O)Nc1ccccc1I. The van der Waals surface area contributed by atoms with Crippen LogP contribution in [0.15, 0.2) is 24.3 Å². The van der Waals surface area contributed by atoms with Gasteiger partial charge in [0.25, 0.3) is 5.91 Å². The van der Waals surface area contributed by atoms with Gasteiger partial charge in [-0.3, -0.25) is 4.79 Å². The Morgan fingerprint density at radius 3 is 2.81 bits per heavy atom. The molecule has 0 aliphatic heterocycles. The van der Waals surface area contributed by atoms with E-state index in [0.29, 0.717) is 10.6 Å². The molecule has 1 heterocycles. The zero-order chi connectivity index (χ0) is 11.5. The number of hydrogen-bond donors (Lipinski definition) is 1. The van der Waals surface area contributed by atoms with Gasteiger partial charge in [-0.15, -0.1) is 5.10 Å². The molecular formula is C10H8IN3OS. The molecule has 0 atom stereocenters. The molecule has 0 spiro atoms. The van der Waals surface area contributed by atoms with E-state index in [1.165, 1.54) is 0 Å². The summed E-state index contributed by atoms with van der Waals surface area (Å²) in [6.07, 6.45) is 0. The predicted octanol–water partition coefficient (Wildman–Crippen LogP) is 2.70. The highest BCUT2D eigenvalue weighted by atomic mass is 127. The van der Waals surface area contributed by atoms with Gasteiger partial charge in [-0.05, 0) is 53.2 Å². The van der Waals surface area contributed by atoms with Crippen molar-refractivity contribution in [2.45, 2.75) is 6.92 Å². The number of aromatic nitrogens is 2. The van der Waals surface area contributed by atoms with Gasteiger partial charge in [0.05, 0.1) is 11.4 Å². The molecular weight excluding hydrogens is 337 g/mol. The topological polar surface area (TPSA) is 54.9 Å². The van der Waals surface area contributed by atoms with E-state index in [1.54, 1.807) is 6.92 Å². The first-order valence-corrected chi connectivity index (χ1v) is 6.38. The standard InChI is InChI=1S/C10H8IN3OS/c1-6-9(16-14-13-6)10(15)12-8-5-3-2-4-7(8)11/h2-5H,1H3,(H,12,15). The summed E-state index contributed by atoms with van der Waals surface area (Å²) in [5.74, 6) is -0.156. The molecule has 1 N–H and O–H groups in total. The minimum Gasteiger partial charge on any atom is -0.320 e. The van der Waals surface area contributed by atoms with E-state index in [4.69, 9.17) is 0 Å². The molecule has 0 unspecified atom stereocenters. The van der Waals surface area contributed by atoms with Crippen LogP contribution in [0.5, 0.6) is 0 Å². The molecule has 1 aromatic carbocycles. The zero-order valence-corrected chi connectivity index (χ0v) is 11.4. The summed E-state index contributed by atoms with van der Waals surface area (Å²) in [5.41, 5.74) is 1.47. The molecule has 2 rings (SSSR count). The van der Waals surface area contributed by atoms with E-state index in [2.05, 4.69) is 37.5 Å². The molecule has 0 saturated heterocycles. The Morgan fingerprint density at radius 2 is 2.19 bits per heavy atom. The van der Waals surface area contributed by atoms with Crippen LogP contribution in [0.25, 0.3) is 0 Å². The first-order chi connectivity index (χ1) is 7.68. The van der Waals surface area contributed by atoms with Gasteiger partial charge in [0.2, 0.25) is 0 Å². The molecule has 2 aromatic rings. The highest BCUT2D eigenvalue weighted by molar-refractivity contribution is 14.1. The van der Waals surface area contributed by atoms with Crippen molar-refractivity contribution in [1.82, 2.24) is 9.59 Å². The Kier molecular flexibility index (Phi) is 3.49. The average molecular weight is 345 g/mol. The van der Waals surface area contributed by atoms with Crippen LogP contribution in [0.2, 0.25) is 0 Å². The molecule has 0 aliphatic carbocycles. The van der Waals surface area contributed by atoms with Crippen LogP contribution in [0.3, 0.4) is 0 Å². The third-order valence-electron chi connectivity index (χ3n) is 1.98. The Labute approximate surface area is 110 Å². The van der Waals surface area contributed by atoms with E-state index < -0.39 is 0 Å². The van der Waals surface area contributed by atoms with Gasteiger partial charge in [-0.2, -0.15) is 0 Å². The van der Waals surface area contributed by atoms with Gasteiger partial charge < -0.3 is 5.32 Å². The van der Waals surface area contributed by atoms with E-state index in [-0.39, 0.29) is 5.91 Å². The maximum absolute atomic E-state index is 11.9. The zero-order valence-electron chi connectivity index (χ0n) is 8.40. The second kappa shape index (κ2) is 4.88. The van der Waals surface area contributed by atoms with Gasteiger partial charge in [0.15, 0.2) is 0 Å². The number of amides is 1. The highest BCUT2D eigenvalue weighted by Crippen LogP contribution is 2.19. The minimum absolute atomic E-state index is 0.156. The Bertz CT molecular complexity index is 526. The summed E-state index contributed by atoms with van der Waals surface area (Å²) in [7, 11) is 0. The summed E-state index contributed by atoms with van der Waals surface area (Å²) in [5, 5.41) is 6.64. The summed E-state index contributed by atoms with van der Waals surface area (Å²) in [6.45, 7) is 1.77. The molecule has 0 bridgehead atoms. The normalized spacial score (nSPS) is 10.1. The number of aryl methyl sites for hydroxylation is 1. The maximum atomic E-state index is 11.9. The number of halogens is 1. The molecule has 6 heteroatoms. The van der Waals surface area contributed by atoms with Crippen molar-refractivity contribution in [3.8, 4) is 0 Å². The fourth-order valence-electron chi connectivity index (χ4n) is 1.18. The number of carbonyl (C=O) groups is 1. The van der Waals surface area contributed by atoms with Crippen molar-refractivity contribution in [1.29, 1.82) is 0 Å². The number of carbonyl (C=O) groups excluding carboxylic acids is 1. The van der Waals surface area contributed by atoms with Crippen LogP contribution in [-0.4, -0.2) is 15.5 Å². The monoisotopic (exact) mass is 345 g/mol. The van der Waals surface area contributed by atoms with Crippen LogP contribution >= 0.6 is 34.1 Å². The average Bonchev–Trinajstić information content (AvgIpc) is 2.68. The number of rotatable bonds is 2. The van der Waals surface area contributed by atoms with E-state index in [0.717, 1.165) is 20.8 Å². The third-order valence-corrected chi connectivity index (χ3v) is 3.75. The molecule has 16 heavy (non-hydrogen) atoms. The van der Waals surface area contributed by atoms with Gasteiger partial charge >= 0.3 is 0 Å². The molecule has 0 saturated carbocycles. The van der Waals surface area contributed by atoms with Crippen molar-refractivity contribution in [3.63, 3.8) is 0 Å². The van der Waals surface area contributed by atoms with Crippen LogP contribution in [0.4, 0.5) is 5.69 Å². The van der Waals surface area contributed by atoms with Crippen molar-refractivity contribution < 1.29 is 4.79 Å². The number of anilines is 1. The smallest absolute Gasteiger partial charge is 0.269 e. The third kappa shape index (κ3) is 2.38. The molecule has 1 amide bonds. The van der Waals surface area contributed by atoms with Gasteiger partial charge in [-0.1, -0.05) is 16.6 Å². The second-order valence-electron chi connectivity index (χ2n) is 3.12. The lowest BCUT2D eigenvalue weighted by Crippen LogP contribution is -2.12. The van der Waals surface area contributed by atoms with Crippen LogP contribution in [0, 0.1) is 10.5 Å². The first kappa shape index (κ1) is 11.5. The van der Waals surface area contributed by atoms with Crippen molar-refractivity contribution in [3.05, 3.63) is 38.4 Å². The quantitative estimate of drug-likeness (QED) is 0.852. The minimum atomic E-state index is -0.156. The number of nitrogens with zero attached hydrogens (tertiary/aromatic N) is 2. The fraction of sp³-hybridized carbons (Fsp3) is 0.100. The largest absolute Gasteiger partial charge is 0.320 e. The van der Waals surface area contributed by atoms with Crippen LogP contribution in [0.1, 0.15) is 15.4 Å². The lowest BCUT2D eigenvalue weighted by atomic mass is 10.3. The Hall–Kier alpha value is -1.02. The van der Waals surface area contributed by atoms with Gasteiger partial charge in [-0.25, -0.2) is 0 Å². The Morgan fingerprint density at radius 1 is 1.44 bits per heavy atom. The van der Waals surface area contributed by atoms with Crippen LogP contribution < -0.4 is 5.32 Å². The van der Waals surface area contributed by atoms with Crippen molar-refractivity contribution >= 4 is 45.7 Å². The van der Waals surface area contributed by atoms with Gasteiger partial charge in [0, 0.05) is 3.57 Å². The van der Waals surface area contributed by atoms with E-state index in [1.807, 2.05) is 24.3 Å². The summed E-state index contributed by atoms with van der Waals surface area (Å²) in [6, 6.07) is 7.61. The molecule has 0 aliphatic rings. The maximum Gasteiger partial charge on any atom is 0.269 e. The number of hydrogen-bond acceptors (Lipinski definition) is 4. The summed E-state index contributed by atoms with van der Waals surface area (Å²) < 4.78 is 4.74. The molecule has 1 aromatic heterocycles. The molecule has 0 fully saturated rings. The highest BCUT2D eigenvalue weighted by Gasteiger charge is 2.13. The molecule has 0 radical (unpaired) electrons. The first-order valence-electron chi connectivity index (χ1n) is 4.53. The predicted molar refractivity (Wildman–Crippen MR) is 71.8 cm³/mol. The number of benzene rings is 1. The summed E-state index contributed by atoms with van der Waals surface area (Å²) >= 11 is 3.28. The van der Waals surface area contributed by atoms with E-state index >= 15 is 0 Å². The lowest BCUT2D eigenvalue weighted by molar-refractivity contribution is 0.102. The lowest BCUT2D eigenvalue weighted by Gasteiger charge is -2.05. The number of para-hydroxylation sites is 1. The van der Waals surface area contributed by atoms with Gasteiger partial charge in [0.1, 0.15) is 4.88 Å². The second-order valence-corrected chi connectivity index (χ2v) is 5.04. The van der Waals surface area contributed by atoms with Crippen molar-refractivity contribution in [2.24, 2.45) is 0 Å². The number of nitrogens with one attached hydrogen (secondary N) is 1. The fourth-order valence-corrected chi connectivity index (χ4v) is 2.26. The molecule has 82 valence electrons. The Balaban J connectivity index is 2.21. The van der Waals surface area contributed by atoms with E-state index in [9.17, 15) is 4.79 Å². The van der Waals surface area contributed by atoms with Crippen molar-refractivity contribution in [2.75, 3.05) is 5.32 Å². The molecule has 4 nitrogen and oxygen atoms in total. The van der Waals surface area contributed by atoms with Crippen LogP contribution in [-0.2, 0) is 0 Å². The summed E-state index contributed by atoms with van der Waals surface area (Å²) in [4.78, 5) is 12.4.